The lowest BCUT2D eigenvalue weighted by atomic mass is 10.0. The average molecular weight is 418 g/mol. The Morgan fingerprint density at radius 3 is 2.52 bits per heavy atom. The zero-order valence-corrected chi connectivity index (χ0v) is 17.5. The second-order valence-corrected chi connectivity index (χ2v) is 13.2. The highest BCUT2D eigenvalue weighted by Crippen LogP contribution is 2.35. The van der Waals surface area contributed by atoms with E-state index in [2.05, 4.69) is 45.5 Å². The molecule has 0 spiro atoms. The average Bonchev–Trinajstić information content (AvgIpc) is 2.91. The largest absolute Gasteiger partial charge is 0.347 e. The molecule has 0 radical (unpaired) electrons. The van der Waals surface area contributed by atoms with E-state index in [4.69, 9.17) is 0 Å². The number of nitrogens with one attached hydrogen (secondary N) is 1. The van der Waals surface area contributed by atoms with E-state index < -0.39 is 8.07 Å². The van der Waals surface area contributed by atoms with Gasteiger partial charge in [0.25, 0.3) is 5.69 Å². The molecule has 2 heterocycles. The van der Waals surface area contributed by atoms with Crippen molar-refractivity contribution >= 4 is 46.0 Å². The molecule has 3 rings (SSSR count). The molecule has 2 aromatic heterocycles. The van der Waals surface area contributed by atoms with Crippen molar-refractivity contribution in [2.75, 3.05) is 0 Å². The number of halogens is 1. The summed E-state index contributed by atoms with van der Waals surface area (Å²) in [6.07, 6.45) is 1.80. The number of pyridine rings is 1. The van der Waals surface area contributed by atoms with Crippen molar-refractivity contribution in [2.24, 2.45) is 0 Å². The number of benzene rings is 1. The van der Waals surface area contributed by atoms with Gasteiger partial charge < -0.3 is 4.98 Å². The van der Waals surface area contributed by atoms with Gasteiger partial charge in [-0.1, -0.05) is 31.8 Å². The van der Waals surface area contributed by atoms with Crippen LogP contribution in [0.5, 0.6) is 0 Å². The third-order valence-electron chi connectivity index (χ3n) is 4.46. The van der Waals surface area contributed by atoms with Gasteiger partial charge in [0.2, 0.25) is 0 Å². The van der Waals surface area contributed by atoms with E-state index in [1.807, 2.05) is 19.1 Å². The van der Waals surface area contributed by atoms with Gasteiger partial charge in [-0.3, -0.25) is 10.1 Å². The monoisotopic (exact) mass is 417 g/mol. The number of aryl methyl sites for hydroxylation is 2. The first-order valence-electron chi connectivity index (χ1n) is 8.04. The van der Waals surface area contributed by atoms with Crippen LogP contribution in [0.25, 0.3) is 22.2 Å². The van der Waals surface area contributed by atoms with Gasteiger partial charge in [0.05, 0.1) is 13.0 Å². The first kappa shape index (κ1) is 17.8. The molecule has 0 bridgehead atoms. The number of aromatic amines is 1. The van der Waals surface area contributed by atoms with Crippen LogP contribution in [0.2, 0.25) is 19.6 Å². The summed E-state index contributed by atoms with van der Waals surface area (Å²) in [5, 5.41) is 13.6. The minimum absolute atomic E-state index is 0.147. The number of rotatable bonds is 3. The summed E-state index contributed by atoms with van der Waals surface area (Å²) in [6, 6.07) is 5.47. The van der Waals surface area contributed by atoms with Gasteiger partial charge in [-0.15, -0.1) is 0 Å². The predicted molar refractivity (Wildman–Crippen MR) is 108 cm³/mol. The molecule has 0 aliphatic rings. The minimum atomic E-state index is -1.72. The lowest BCUT2D eigenvalue weighted by Crippen LogP contribution is -2.39. The number of H-pyrrole nitrogens is 1. The Balaban J connectivity index is 2.44. The Morgan fingerprint density at radius 2 is 1.92 bits per heavy atom. The topological polar surface area (TPSA) is 71.8 Å². The summed E-state index contributed by atoms with van der Waals surface area (Å²) in [7, 11) is -1.72. The summed E-state index contributed by atoms with van der Waals surface area (Å²) >= 11 is 3.56. The fraction of sp³-hybridized carbons (Fsp3) is 0.278. The number of nitro groups is 1. The predicted octanol–water partition coefficient (Wildman–Crippen LogP) is 5.06. The molecule has 0 saturated heterocycles. The molecule has 130 valence electrons. The minimum Gasteiger partial charge on any atom is -0.347 e. The van der Waals surface area contributed by atoms with Gasteiger partial charge in [0, 0.05) is 38.6 Å². The Bertz CT molecular complexity index is 1010. The maximum absolute atomic E-state index is 11.4. The van der Waals surface area contributed by atoms with Crippen molar-refractivity contribution in [1.82, 2.24) is 9.97 Å². The number of nitro benzene ring substituents is 1. The van der Waals surface area contributed by atoms with Crippen LogP contribution in [-0.4, -0.2) is 23.0 Å². The van der Waals surface area contributed by atoms with Gasteiger partial charge in [-0.25, -0.2) is 4.98 Å². The zero-order chi connectivity index (χ0) is 18.5. The van der Waals surface area contributed by atoms with Crippen LogP contribution in [-0.2, 0) is 0 Å². The van der Waals surface area contributed by atoms with E-state index in [0.717, 1.165) is 37.5 Å². The lowest BCUT2D eigenvalue weighted by molar-refractivity contribution is -0.385. The molecule has 1 aromatic carbocycles. The maximum atomic E-state index is 11.4. The highest BCUT2D eigenvalue weighted by Gasteiger charge is 2.28. The van der Waals surface area contributed by atoms with Crippen LogP contribution in [0.3, 0.4) is 0 Å². The van der Waals surface area contributed by atoms with E-state index in [1.54, 1.807) is 19.2 Å². The standard InChI is InChI=1S/C18H20BrN3O2Si/c1-10-6-7-12(8-14(10)22(23)24)16-15-11(2)13(19)9-20-17(15)21-18(16)25(3,4)5/h6-9H,1-5H3,(H,20,21). The molecule has 1 N–H and O–H groups in total. The molecule has 0 aliphatic carbocycles. The molecule has 25 heavy (non-hydrogen) atoms. The molecule has 0 amide bonds. The summed E-state index contributed by atoms with van der Waals surface area (Å²) in [4.78, 5) is 19.1. The summed E-state index contributed by atoms with van der Waals surface area (Å²) in [5.41, 5.74) is 4.64. The number of fused-ring (bicyclic) bond motifs is 1. The number of hydrogen-bond acceptors (Lipinski definition) is 3. The van der Waals surface area contributed by atoms with Crippen LogP contribution >= 0.6 is 15.9 Å². The highest BCUT2D eigenvalue weighted by atomic mass is 79.9. The van der Waals surface area contributed by atoms with Gasteiger partial charge in [-0.2, -0.15) is 0 Å². The Hall–Kier alpha value is -1.99. The Kier molecular flexibility index (Phi) is 4.32. The van der Waals surface area contributed by atoms with Crippen molar-refractivity contribution < 1.29 is 4.92 Å². The Morgan fingerprint density at radius 1 is 1.24 bits per heavy atom. The van der Waals surface area contributed by atoms with Crippen LogP contribution in [0.15, 0.2) is 28.9 Å². The van der Waals surface area contributed by atoms with E-state index in [0.29, 0.717) is 5.56 Å². The van der Waals surface area contributed by atoms with Crippen LogP contribution in [0.1, 0.15) is 11.1 Å². The summed E-state index contributed by atoms with van der Waals surface area (Å²) < 4.78 is 0.934. The Labute approximate surface area is 155 Å². The molecule has 0 fully saturated rings. The van der Waals surface area contributed by atoms with Crippen molar-refractivity contribution in [3.63, 3.8) is 0 Å². The normalized spacial score (nSPS) is 11.9. The van der Waals surface area contributed by atoms with Crippen molar-refractivity contribution in [3.8, 4) is 11.1 Å². The molecule has 3 aromatic rings. The van der Waals surface area contributed by atoms with Gasteiger partial charge in [-0.05, 0) is 40.9 Å². The van der Waals surface area contributed by atoms with Crippen molar-refractivity contribution in [3.05, 3.63) is 50.1 Å². The number of aromatic nitrogens is 2. The van der Waals surface area contributed by atoms with E-state index in [9.17, 15) is 10.1 Å². The summed E-state index contributed by atoms with van der Waals surface area (Å²) in [6.45, 7) is 10.6. The van der Waals surface area contributed by atoms with Crippen LogP contribution in [0.4, 0.5) is 5.69 Å². The van der Waals surface area contributed by atoms with Gasteiger partial charge >= 0.3 is 0 Å². The molecule has 0 atom stereocenters. The van der Waals surface area contributed by atoms with E-state index >= 15 is 0 Å². The third-order valence-corrected chi connectivity index (χ3v) is 7.14. The first-order chi connectivity index (χ1) is 11.6. The SMILES string of the molecule is Cc1ccc(-c2c([Si](C)(C)C)[nH]c3ncc(Br)c(C)c23)cc1[N+](=O)[O-]. The zero-order valence-electron chi connectivity index (χ0n) is 14.9. The molecule has 0 aliphatic heterocycles. The number of hydrogen-bond donors (Lipinski definition) is 1. The molecular weight excluding hydrogens is 398 g/mol. The summed E-state index contributed by atoms with van der Waals surface area (Å²) in [5.74, 6) is 0. The van der Waals surface area contributed by atoms with Crippen LogP contribution < -0.4 is 5.32 Å². The molecule has 0 saturated carbocycles. The second-order valence-electron chi connectivity index (χ2n) is 7.34. The number of nitrogens with zero attached hydrogens (tertiary/aromatic N) is 2. The maximum Gasteiger partial charge on any atom is 0.272 e. The fourth-order valence-corrected chi connectivity index (χ4v) is 4.91. The van der Waals surface area contributed by atoms with Gasteiger partial charge in [0.1, 0.15) is 5.65 Å². The first-order valence-corrected chi connectivity index (χ1v) is 12.3. The van der Waals surface area contributed by atoms with Crippen LogP contribution in [0, 0.1) is 24.0 Å². The lowest BCUT2D eigenvalue weighted by Gasteiger charge is -2.17. The van der Waals surface area contributed by atoms with E-state index in [-0.39, 0.29) is 10.6 Å². The smallest absolute Gasteiger partial charge is 0.272 e. The quantitative estimate of drug-likeness (QED) is 0.367. The molecule has 5 nitrogen and oxygen atoms in total. The molecule has 7 heteroatoms. The molecule has 0 unspecified atom stereocenters. The van der Waals surface area contributed by atoms with E-state index in [1.165, 1.54) is 0 Å². The van der Waals surface area contributed by atoms with Crippen molar-refractivity contribution in [1.29, 1.82) is 0 Å². The fourth-order valence-electron chi connectivity index (χ4n) is 3.10. The van der Waals surface area contributed by atoms with Crippen molar-refractivity contribution in [2.45, 2.75) is 33.5 Å². The van der Waals surface area contributed by atoms with Gasteiger partial charge in [0.15, 0.2) is 0 Å². The highest BCUT2D eigenvalue weighted by molar-refractivity contribution is 9.10. The third kappa shape index (κ3) is 3.02. The molecular formula is C18H20BrN3O2Si. The second kappa shape index (κ2) is 6.07.